The molecule has 0 amide bonds. The minimum Gasteiger partial charge on any atom is -0.329 e. The Balaban J connectivity index is 3.01. The van der Waals surface area contributed by atoms with E-state index in [1.165, 1.54) is 7.05 Å². The van der Waals surface area contributed by atoms with Gasteiger partial charge in [-0.1, -0.05) is 19.8 Å². The van der Waals surface area contributed by atoms with Gasteiger partial charge in [0.25, 0.3) is 10.0 Å². The van der Waals surface area contributed by atoms with Crippen LogP contribution in [-0.4, -0.2) is 37.6 Å². The molecular formula is C10H20F2N2O2S. The summed E-state index contributed by atoms with van der Waals surface area (Å²) in [6.45, 7) is 2.08. The molecule has 0 aliphatic heterocycles. The zero-order valence-corrected chi connectivity index (χ0v) is 11.0. The lowest BCUT2D eigenvalue weighted by Gasteiger charge is -2.44. The number of halogens is 2. The summed E-state index contributed by atoms with van der Waals surface area (Å²) in [6, 6.07) is 0. The lowest BCUT2D eigenvalue weighted by atomic mass is 9.76. The van der Waals surface area contributed by atoms with Crippen molar-refractivity contribution in [2.45, 2.75) is 43.9 Å². The van der Waals surface area contributed by atoms with E-state index in [9.17, 15) is 17.2 Å². The van der Waals surface area contributed by atoms with E-state index >= 15 is 0 Å². The van der Waals surface area contributed by atoms with Crippen LogP contribution in [0.3, 0.4) is 0 Å². The van der Waals surface area contributed by atoms with Crippen LogP contribution < -0.4 is 5.73 Å². The first-order valence-electron chi connectivity index (χ1n) is 5.72. The van der Waals surface area contributed by atoms with Crippen LogP contribution >= 0.6 is 0 Å². The molecule has 1 rings (SSSR count). The quantitative estimate of drug-likeness (QED) is 0.839. The van der Waals surface area contributed by atoms with Crippen LogP contribution in [0.5, 0.6) is 0 Å². The molecule has 1 aliphatic rings. The molecule has 0 radical (unpaired) electrons. The van der Waals surface area contributed by atoms with Crippen LogP contribution in [-0.2, 0) is 10.0 Å². The third-order valence-electron chi connectivity index (χ3n) is 3.72. The molecule has 4 nitrogen and oxygen atoms in total. The van der Waals surface area contributed by atoms with Crippen molar-refractivity contribution in [2.75, 3.05) is 13.6 Å². The Morgan fingerprint density at radius 1 is 1.53 bits per heavy atom. The SMILES string of the molecule is CC1CCCC(CN)(N(C)S(=O)(=O)C(F)F)C1. The van der Waals surface area contributed by atoms with Gasteiger partial charge in [-0.3, -0.25) is 0 Å². The van der Waals surface area contributed by atoms with E-state index in [1.807, 2.05) is 6.92 Å². The van der Waals surface area contributed by atoms with E-state index in [0.29, 0.717) is 18.8 Å². The number of nitrogens with two attached hydrogens (primary N) is 1. The summed E-state index contributed by atoms with van der Waals surface area (Å²) in [4.78, 5) is 0. The van der Waals surface area contributed by atoms with Gasteiger partial charge in [0.05, 0.1) is 0 Å². The average molecular weight is 270 g/mol. The highest BCUT2D eigenvalue weighted by Crippen LogP contribution is 2.37. The molecule has 7 heteroatoms. The summed E-state index contributed by atoms with van der Waals surface area (Å²) in [5, 5.41) is 0. The molecule has 0 aromatic carbocycles. The lowest BCUT2D eigenvalue weighted by molar-refractivity contribution is 0.116. The van der Waals surface area contributed by atoms with E-state index in [1.54, 1.807) is 0 Å². The largest absolute Gasteiger partial charge is 0.350 e. The van der Waals surface area contributed by atoms with Crippen LogP contribution in [0, 0.1) is 5.92 Å². The normalized spacial score (nSPS) is 31.1. The number of alkyl halides is 2. The molecule has 0 bridgehead atoms. The lowest BCUT2D eigenvalue weighted by Crippen LogP contribution is -2.57. The monoisotopic (exact) mass is 270 g/mol. The summed E-state index contributed by atoms with van der Waals surface area (Å²) in [7, 11) is -3.34. The number of nitrogens with zero attached hydrogens (tertiary/aromatic N) is 1. The van der Waals surface area contributed by atoms with Gasteiger partial charge >= 0.3 is 5.76 Å². The van der Waals surface area contributed by atoms with Crippen molar-refractivity contribution in [3.8, 4) is 0 Å². The smallest absolute Gasteiger partial charge is 0.329 e. The summed E-state index contributed by atoms with van der Waals surface area (Å²) in [6.07, 6.45) is 2.91. The molecule has 0 aromatic rings. The number of hydrogen-bond donors (Lipinski definition) is 1. The third-order valence-corrected chi connectivity index (χ3v) is 5.32. The predicted molar refractivity (Wildman–Crippen MR) is 62.1 cm³/mol. The third kappa shape index (κ3) is 2.77. The van der Waals surface area contributed by atoms with Gasteiger partial charge in [-0.25, -0.2) is 8.42 Å². The number of hydrogen-bond acceptors (Lipinski definition) is 3. The van der Waals surface area contributed by atoms with E-state index < -0.39 is 21.3 Å². The van der Waals surface area contributed by atoms with Crippen LogP contribution in [0.4, 0.5) is 8.78 Å². The summed E-state index contributed by atoms with van der Waals surface area (Å²) in [5.74, 6) is -3.07. The molecular weight excluding hydrogens is 250 g/mol. The van der Waals surface area contributed by atoms with E-state index in [0.717, 1.165) is 17.1 Å². The fraction of sp³-hybridized carbons (Fsp3) is 1.00. The first-order chi connectivity index (χ1) is 7.76. The topological polar surface area (TPSA) is 63.4 Å². The molecule has 2 unspecified atom stereocenters. The summed E-state index contributed by atoms with van der Waals surface area (Å²) >= 11 is 0. The van der Waals surface area contributed by atoms with Gasteiger partial charge in [0.15, 0.2) is 0 Å². The van der Waals surface area contributed by atoms with Crippen molar-refractivity contribution in [3.63, 3.8) is 0 Å². The molecule has 0 aromatic heterocycles. The minimum absolute atomic E-state index is 0.0831. The van der Waals surface area contributed by atoms with Gasteiger partial charge in [0, 0.05) is 19.1 Å². The Hall–Kier alpha value is -0.270. The Bertz CT molecular complexity index is 361. The zero-order chi connectivity index (χ0) is 13.3. The van der Waals surface area contributed by atoms with E-state index in [2.05, 4.69) is 0 Å². The van der Waals surface area contributed by atoms with E-state index in [4.69, 9.17) is 5.73 Å². The highest BCUT2D eigenvalue weighted by atomic mass is 32.2. The van der Waals surface area contributed by atoms with Gasteiger partial charge in [0.2, 0.25) is 0 Å². The first-order valence-corrected chi connectivity index (χ1v) is 7.22. The zero-order valence-electron chi connectivity index (χ0n) is 10.2. The van der Waals surface area contributed by atoms with Crippen LogP contribution in [0.15, 0.2) is 0 Å². The molecule has 1 aliphatic carbocycles. The fourth-order valence-corrected chi connectivity index (χ4v) is 3.64. The maximum atomic E-state index is 12.6. The van der Waals surface area contributed by atoms with Gasteiger partial charge in [-0.15, -0.1) is 0 Å². The Labute approximate surface area is 101 Å². The predicted octanol–water partition coefficient (Wildman–Crippen LogP) is 1.38. The highest BCUT2D eigenvalue weighted by molar-refractivity contribution is 7.89. The van der Waals surface area contributed by atoms with Crippen molar-refractivity contribution in [1.29, 1.82) is 0 Å². The van der Waals surface area contributed by atoms with Crippen molar-refractivity contribution >= 4 is 10.0 Å². The standard InChI is InChI=1S/C10H20F2N2O2S/c1-8-4-3-5-10(6-8,7-13)14(2)17(15,16)9(11)12/h8-9H,3-7,13H2,1-2H3. The molecule has 0 heterocycles. The van der Waals surface area contributed by atoms with Crippen molar-refractivity contribution in [1.82, 2.24) is 4.31 Å². The van der Waals surface area contributed by atoms with Crippen LogP contribution in [0.1, 0.15) is 32.6 Å². The van der Waals surface area contributed by atoms with Crippen molar-refractivity contribution < 1.29 is 17.2 Å². The Kier molecular flexibility index (Phi) is 4.49. The molecule has 17 heavy (non-hydrogen) atoms. The Morgan fingerprint density at radius 3 is 2.53 bits per heavy atom. The molecule has 0 saturated heterocycles. The van der Waals surface area contributed by atoms with Gasteiger partial charge in [-0.05, 0) is 18.8 Å². The van der Waals surface area contributed by atoms with Crippen molar-refractivity contribution in [3.05, 3.63) is 0 Å². The summed E-state index contributed by atoms with van der Waals surface area (Å²) in [5.41, 5.74) is 4.81. The molecule has 102 valence electrons. The fourth-order valence-electron chi connectivity index (χ4n) is 2.62. The molecule has 2 N–H and O–H groups in total. The van der Waals surface area contributed by atoms with Gasteiger partial charge in [-0.2, -0.15) is 13.1 Å². The van der Waals surface area contributed by atoms with Crippen molar-refractivity contribution in [2.24, 2.45) is 11.7 Å². The van der Waals surface area contributed by atoms with Crippen LogP contribution in [0.2, 0.25) is 0 Å². The van der Waals surface area contributed by atoms with E-state index in [-0.39, 0.29) is 6.54 Å². The number of sulfonamides is 1. The number of likely N-dealkylation sites (N-methyl/N-ethyl adjacent to an activating group) is 1. The second kappa shape index (κ2) is 5.16. The number of rotatable bonds is 4. The molecule has 2 atom stereocenters. The highest BCUT2D eigenvalue weighted by Gasteiger charge is 2.45. The second-order valence-corrected chi connectivity index (χ2v) is 6.84. The van der Waals surface area contributed by atoms with Gasteiger partial charge in [0.1, 0.15) is 0 Å². The molecule has 1 saturated carbocycles. The average Bonchev–Trinajstić information content (AvgIpc) is 2.27. The summed E-state index contributed by atoms with van der Waals surface area (Å²) < 4.78 is 48.9. The molecule has 0 spiro atoms. The molecule has 1 fully saturated rings. The first kappa shape index (κ1) is 14.8. The second-order valence-electron chi connectivity index (χ2n) is 4.90. The minimum atomic E-state index is -4.55. The van der Waals surface area contributed by atoms with Gasteiger partial charge < -0.3 is 5.73 Å². The maximum Gasteiger partial charge on any atom is 0.350 e. The Morgan fingerprint density at radius 2 is 2.12 bits per heavy atom. The van der Waals surface area contributed by atoms with Crippen LogP contribution in [0.25, 0.3) is 0 Å². The maximum absolute atomic E-state index is 12.6.